The summed E-state index contributed by atoms with van der Waals surface area (Å²) < 4.78 is 5.96. The Morgan fingerprint density at radius 1 is 1.14 bits per heavy atom. The van der Waals surface area contributed by atoms with Crippen molar-refractivity contribution in [3.05, 3.63) is 70.8 Å². The first-order chi connectivity index (χ1) is 13.7. The molecule has 0 amide bonds. The SMILES string of the molecule is Cc1oc(-c2ccccc2Cl)nc1CN1CCCCC1CCc1ccccn1. The lowest BCUT2D eigenvalue weighted by molar-refractivity contribution is 0.130. The van der Waals surface area contributed by atoms with Crippen LogP contribution in [0.1, 0.15) is 42.8 Å². The topological polar surface area (TPSA) is 42.2 Å². The lowest BCUT2D eigenvalue weighted by Crippen LogP contribution is -2.39. The quantitative estimate of drug-likeness (QED) is 0.538. The molecule has 0 radical (unpaired) electrons. The number of aromatic nitrogens is 2. The Balaban J connectivity index is 1.46. The van der Waals surface area contributed by atoms with Crippen LogP contribution in [-0.4, -0.2) is 27.5 Å². The maximum absolute atomic E-state index is 6.32. The highest BCUT2D eigenvalue weighted by Gasteiger charge is 2.25. The summed E-state index contributed by atoms with van der Waals surface area (Å²) in [6.07, 6.45) is 7.81. The molecule has 1 aliphatic rings. The van der Waals surface area contributed by atoms with Crippen LogP contribution in [0.2, 0.25) is 5.02 Å². The summed E-state index contributed by atoms with van der Waals surface area (Å²) in [6.45, 7) is 3.93. The summed E-state index contributed by atoms with van der Waals surface area (Å²) in [4.78, 5) is 11.8. The molecule has 5 heteroatoms. The summed E-state index contributed by atoms with van der Waals surface area (Å²) in [5.41, 5.74) is 3.04. The highest BCUT2D eigenvalue weighted by molar-refractivity contribution is 6.33. The van der Waals surface area contributed by atoms with E-state index in [0.29, 0.717) is 17.0 Å². The molecule has 3 heterocycles. The van der Waals surface area contributed by atoms with Gasteiger partial charge in [-0.2, -0.15) is 0 Å². The van der Waals surface area contributed by atoms with Crippen LogP contribution < -0.4 is 0 Å². The largest absolute Gasteiger partial charge is 0.441 e. The normalized spacial score (nSPS) is 17.7. The van der Waals surface area contributed by atoms with E-state index in [-0.39, 0.29) is 0 Å². The predicted octanol–water partition coefficient (Wildman–Crippen LogP) is 5.69. The van der Waals surface area contributed by atoms with Gasteiger partial charge < -0.3 is 4.42 Å². The van der Waals surface area contributed by atoms with Gasteiger partial charge in [-0.25, -0.2) is 4.98 Å². The number of nitrogens with zero attached hydrogens (tertiary/aromatic N) is 3. The lowest BCUT2D eigenvalue weighted by atomic mass is 9.96. The second-order valence-electron chi connectivity index (χ2n) is 7.48. The Hall–Kier alpha value is -2.17. The van der Waals surface area contributed by atoms with Crippen molar-refractivity contribution in [2.24, 2.45) is 0 Å². The zero-order valence-corrected chi connectivity index (χ0v) is 17.0. The zero-order chi connectivity index (χ0) is 19.3. The van der Waals surface area contributed by atoms with Gasteiger partial charge in [0.1, 0.15) is 5.76 Å². The number of pyridine rings is 1. The van der Waals surface area contributed by atoms with E-state index in [2.05, 4.69) is 22.0 Å². The van der Waals surface area contributed by atoms with Crippen LogP contribution in [0, 0.1) is 6.92 Å². The molecule has 0 aliphatic carbocycles. The molecule has 1 saturated heterocycles. The maximum atomic E-state index is 6.32. The maximum Gasteiger partial charge on any atom is 0.228 e. The van der Waals surface area contributed by atoms with E-state index in [1.165, 1.54) is 25.0 Å². The number of aryl methyl sites for hydroxylation is 2. The molecular weight excluding hydrogens is 370 g/mol. The fourth-order valence-corrected chi connectivity index (χ4v) is 4.19. The van der Waals surface area contributed by atoms with Gasteiger partial charge in [0.15, 0.2) is 0 Å². The van der Waals surface area contributed by atoms with E-state index in [1.54, 1.807) is 0 Å². The van der Waals surface area contributed by atoms with E-state index >= 15 is 0 Å². The Morgan fingerprint density at radius 2 is 2.00 bits per heavy atom. The van der Waals surface area contributed by atoms with E-state index in [4.69, 9.17) is 21.0 Å². The van der Waals surface area contributed by atoms with Crippen molar-refractivity contribution in [2.75, 3.05) is 6.54 Å². The van der Waals surface area contributed by atoms with Crippen molar-refractivity contribution in [2.45, 2.75) is 51.6 Å². The van der Waals surface area contributed by atoms with Crippen LogP contribution in [0.3, 0.4) is 0 Å². The van der Waals surface area contributed by atoms with Crippen molar-refractivity contribution in [1.82, 2.24) is 14.9 Å². The Morgan fingerprint density at radius 3 is 2.82 bits per heavy atom. The lowest BCUT2D eigenvalue weighted by Gasteiger charge is -2.35. The second kappa shape index (κ2) is 8.89. The Kier molecular flexibility index (Phi) is 6.08. The molecule has 0 spiro atoms. The molecule has 0 N–H and O–H groups in total. The molecule has 2 aromatic heterocycles. The van der Waals surface area contributed by atoms with Crippen molar-refractivity contribution in [3.63, 3.8) is 0 Å². The van der Waals surface area contributed by atoms with Crippen LogP contribution in [0.4, 0.5) is 0 Å². The van der Waals surface area contributed by atoms with Crippen LogP contribution in [0.15, 0.2) is 53.1 Å². The van der Waals surface area contributed by atoms with Crippen LogP contribution >= 0.6 is 11.6 Å². The van der Waals surface area contributed by atoms with Gasteiger partial charge in [-0.15, -0.1) is 0 Å². The number of oxazole rings is 1. The number of hydrogen-bond acceptors (Lipinski definition) is 4. The molecule has 0 bridgehead atoms. The highest BCUT2D eigenvalue weighted by atomic mass is 35.5. The number of likely N-dealkylation sites (tertiary alicyclic amines) is 1. The highest BCUT2D eigenvalue weighted by Crippen LogP contribution is 2.30. The number of rotatable bonds is 6. The van der Waals surface area contributed by atoms with Gasteiger partial charge in [-0.1, -0.05) is 36.2 Å². The smallest absolute Gasteiger partial charge is 0.228 e. The van der Waals surface area contributed by atoms with E-state index < -0.39 is 0 Å². The van der Waals surface area contributed by atoms with Gasteiger partial charge in [0.05, 0.1) is 16.3 Å². The third kappa shape index (κ3) is 4.45. The molecule has 1 aliphatic heterocycles. The molecule has 1 fully saturated rings. The second-order valence-corrected chi connectivity index (χ2v) is 7.89. The first-order valence-electron chi connectivity index (χ1n) is 10.1. The zero-order valence-electron chi connectivity index (χ0n) is 16.3. The molecule has 0 saturated carbocycles. The van der Waals surface area contributed by atoms with Crippen molar-refractivity contribution >= 4 is 11.6 Å². The van der Waals surface area contributed by atoms with E-state index in [9.17, 15) is 0 Å². The molecule has 4 rings (SSSR count). The van der Waals surface area contributed by atoms with Crippen LogP contribution in [0.5, 0.6) is 0 Å². The molecule has 1 unspecified atom stereocenters. The molecular formula is C23H26ClN3O. The molecule has 3 aromatic rings. The van der Waals surface area contributed by atoms with Gasteiger partial charge in [-0.05, 0) is 63.4 Å². The summed E-state index contributed by atoms with van der Waals surface area (Å²) >= 11 is 6.32. The first kappa shape index (κ1) is 19.2. The van der Waals surface area contributed by atoms with Gasteiger partial charge in [0.25, 0.3) is 0 Å². The monoisotopic (exact) mass is 395 g/mol. The van der Waals surface area contributed by atoms with E-state index in [0.717, 1.165) is 42.9 Å². The Labute approximate surface area is 171 Å². The summed E-state index contributed by atoms with van der Waals surface area (Å²) in [5, 5.41) is 0.668. The third-order valence-corrected chi connectivity index (χ3v) is 5.89. The third-order valence-electron chi connectivity index (χ3n) is 5.56. The summed E-state index contributed by atoms with van der Waals surface area (Å²) in [5.74, 6) is 1.49. The minimum atomic E-state index is 0.565. The molecule has 4 nitrogen and oxygen atoms in total. The first-order valence-corrected chi connectivity index (χ1v) is 10.4. The average molecular weight is 396 g/mol. The predicted molar refractivity (Wildman–Crippen MR) is 112 cm³/mol. The molecule has 1 atom stereocenters. The molecule has 146 valence electrons. The van der Waals surface area contributed by atoms with Gasteiger partial charge >= 0.3 is 0 Å². The number of benzene rings is 1. The number of piperidine rings is 1. The minimum absolute atomic E-state index is 0.565. The van der Waals surface area contributed by atoms with Crippen LogP contribution in [0.25, 0.3) is 11.5 Å². The van der Waals surface area contributed by atoms with Gasteiger partial charge in [-0.3, -0.25) is 9.88 Å². The minimum Gasteiger partial charge on any atom is -0.441 e. The Bertz CT molecular complexity index is 909. The number of hydrogen-bond donors (Lipinski definition) is 0. The van der Waals surface area contributed by atoms with Gasteiger partial charge in [0, 0.05) is 24.5 Å². The summed E-state index contributed by atoms with van der Waals surface area (Å²) in [7, 11) is 0. The van der Waals surface area contributed by atoms with Gasteiger partial charge in [0.2, 0.25) is 5.89 Å². The van der Waals surface area contributed by atoms with Crippen molar-refractivity contribution < 1.29 is 4.42 Å². The number of halogens is 1. The molecule has 1 aromatic carbocycles. The van der Waals surface area contributed by atoms with Crippen molar-refractivity contribution in [1.29, 1.82) is 0 Å². The summed E-state index contributed by atoms with van der Waals surface area (Å²) in [6, 6.07) is 14.4. The average Bonchev–Trinajstić information content (AvgIpc) is 3.08. The fourth-order valence-electron chi connectivity index (χ4n) is 3.97. The standard InChI is InChI=1S/C23H26ClN3O/c1-17-22(26-23(28-17)20-10-2-3-11-21(20)24)16-27-15-7-5-9-19(27)13-12-18-8-4-6-14-25-18/h2-4,6,8,10-11,14,19H,5,7,9,12-13,15-16H2,1H3. The van der Waals surface area contributed by atoms with E-state index in [1.807, 2.05) is 43.5 Å². The van der Waals surface area contributed by atoms with Crippen LogP contribution in [-0.2, 0) is 13.0 Å². The molecule has 28 heavy (non-hydrogen) atoms. The van der Waals surface area contributed by atoms with Crippen molar-refractivity contribution in [3.8, 4) is 11.5 Å². The fraction of sp³-hybridized carbons (Fsp3) is 0.391.